The summed E-state index contributed by atoms with van der Waals surface area (Å²) in [5.74, 6) is 1.42. The molecule has 0 saturated heterocycles. The van der Waals surface area contributed by atoms with Crippen LogP contribution in [0.25, 0.3) is 0 Å². The molecule has 1 amide bonds. The van der Waals surface area contributed by atoms with E-state index in [2.05, 4.69) is 10.3 Å². The Morgan fingerprint density at radius 1 is 1.10 bits per heavy atom. The van der Waals surface area contributed by atoms with E-state index in [-0.39, 0.29) is 12.3 Å². The highest BCUT2D eigenvalue weighted by atomic mass is 35.5. The van der Waals surface area contributed by atoms with E-state index >= 15 is 0 Å². The maximum Gasteiger partial charge on any atom is 0.230 e. The minimum atomic E-state index is -0.241. The number of halogens is 2. The van der Waals surface area contributed by atoms with E-state index < -0.39 is 0 Å². The SMILES string of the molecule is COc1cc(Cl)c(NC(=O)Cc2csc(COc3ccc(Cl)cc3)n2)cc1OC. The highest BCUT2D eigenvalue weighted by molar-refractivity contribution is 7.09. The lowest BCUT2D eigenvalue weighted by atomic mass is 10.2. The van der Waals surface area contributed by atoms with Gasteiger partial charge in [-0.1, -0.05) is 23.2 Å². The van der Waals surface area contributed by atoms with E-state index in [4.69, 9.17) is 37.4 Å². The molecule has 29 heavy (non-hydrogen) atoms. The lowest BCUT2D eigenvalue weighted by Crippen LogP contribution is -2.15. The van der Waals surface area contributed by atoms with Gasteiger partial charge in [0.1, 0.15) is 17.4 Å². The highest BCUT2D eigenvalue weighted by Crippen LogP contribution is 2.36. The summed E-state index contributed by atoms with van der Waals surface area (Å²) in [4.78, 5) is 16.8. The second-order valence-electron chi connectivity index (χ2n) is 5.89. The molecule has 0 unspecified atom stereocenters. The summed E-state index contributed by atoms with van der Waals surface area (Å²) in [6.07, 6.45) is 0.113. The molecule has 1 heterocycles. The van der Waals surface area contributed by atoms with Crippen LogP contribution in [0, 0.1) is 0 Å². The van der Waals surface area contributed by atoms with Crippen LogP contribution in [-0.4, -0.2) is 25.1 Å². The average molecular weight is 453 g/mol. The zero-order valence-electron chi connectivity index (χ0n) is 15.7. The second-order valence-corrected chi connectivity index (χ2v) is 7.67. The summed E-state index contributed by atoms with van der Waals surface area (Å²) in [5.41, 5.74) is 1.09. The third-order valence-electron chi connectivity index (χ3n) is 3.86. The number of rotatable bonds is 8. The van der Waals surface area contributed by atoms with Gasteiger partial charge in [-0.05, 0) is 24.3 Å². The minimum Gasteiger partial charge on any atom is -0.493 e. The first kappa shape index (κ1) is 21.2. The van der Waals surface area contributed by atoms with Gasteiger partial charge in [-0.25, -0.2) is 4.98 Å². The Labute approximate surface area is 182 Å². The lowest BCUT2D eigenvalue weighted by Gasteiger charge is -2.12. The Balaban J connectivity index is 1.58. The predicted molar refractivity (Wildman–Crippen MR) is 115 cm³/mol. The van der Waals surface area contributed by atoms with E-state index in [1.165, 1.54) is 25.6 Å². The molecule has 1 N–H and O–H groups in total. The van der Waals surface area contributed by atoms with Crippen LogP contribution in [0.4, 0.5) is 5.69 Å². The molecule has 1 aromatic heterocycles. The molecule has 3 rings (SSSR count). The molecule has 0 atom stereocenters. The van der Waals surface area contributed by atoms with Gasteiger partial charge in [0.15, 0.2) is 11.5 Å². The number of amides is 1. The van der Waals surface area contributed by atoms with Crippen LogP contribution in [0.15, 0.2) is 41.8 Å². The van der Waals surface area contributed by atoms with Crippen LogP contribution >= 0.6 is 34.5 Å². The number of hydrogen-bond acceptors (Lipinski definition) is 6. The highest BCUT2D eigenvalue weighted by Gasteiger charge is 2.14. The summed E-state index contributed by atoms with van der Waals surface area (Å²) >= 11 is 13.5. The topological polar surface area (TPSA) is 69.7 Å². The molecule has 0 aliphatic carbocycles. The van der Waals surface area contributed by atoms with Crippen molar-refractivity contribution in [3.63, 3.8) is 0 Å². The van der Waals surface area contributed by atoms with E-state index in [0.717, 1.165) is 5.01 Å². The number of benzene rings is 2. The maximum absolute atomic E-state index is 12.4. The number of carbonyl (C=O) groups excluding carboxylic acids is 1. The molecule has 0 saturated carbocycles. The molecule has 9 heteroatoms. The van der Waals surface area contributed by atoms with Gasteiger partial charge in [0, 0.05) is 22.5 Å². The zero-order valence-corrected chi connectivity index (χ0v) is 18.0. The second kappa shape index (κ2) is 9.82. The van der Waals surface area contributed by atoms with Gasteiger partial charge in [-0.3, -0.25) is 4.79 Å². The minimum absolute atomic E-state index is 0.113. The third kappa shape index (κ3) is 5.76. The van der Waals surface area contributed by atoms with E-state index in [0.29, 0.717) is 45.3 Å². The molecule has 0 radical (unpaired) electrons. The molecule has 3 aromatic rings. The molecule has 0 spiro atoms. The number of nitrogens with one attached hydrogen (secondary N) is 1. The molecule has 0 bridgehead atoms. The van der Waals surface area contributed by atoms with Gasteiger partial charge in [0.2, 0.25) is 5.91 Å². The molecule has 2 aromatic carbocycles. The smallest absolute Gasteiger partial charge is 0.230 e. The van der Waals surface area contributed by atoms with Gasteiger partial charge < -0.3 is 19.5 Å². The first-order chi connectivity index (χ1) is 14.0. The van der Waals surface area contributed by atoms with E-state index in [9.17, 15) is 4.79 Å². The number of methoxy groups -OCH3 is 2. The van der Waals surface area contributed by atoms with Crippen molar-refractivity contribution in [3.8, 4) is 17.2 Å². The van der Waals surface area contributed by atoms with Crippen molar-refractivity contribution in [2.24, 2.45) is 0 Å². The lowest BCUT2D eigenvalue weighted by molar-refractivity contribution is -0.115. The standard InChI is InChI=1S/C20H18Cl2N2O4S/c1-26-17-8-15(22)16(9-18(17)27-2)24-19(25)7-13-11-29-20(23-13)10-28-14-5-3-12(21)4-6-14/h3-6,8-9,11H,7,10H2,1-2H3,(H,24,25). The summed E-state index contributed by atoms with van der Waals surface area (Å²) < 4.78 is 16.1. The molecule has 6 nitrogen and oxygen atoms in total. The third-order valence-corrected chi connectivity index (χ3v) is 5.30. The van der Waals surface area contributed by atoms with Crippen molar-refractivity contribution >= 4 is 46.1 Å². The number of aromatic nitrogens is 1. The molecule has 152 valence electrons. The van der Waals surface area contributed by atoms with Gasteiger partial charge in [-0.2, -0.15) is 0 Å². The summed E-state index contributed by atoms with van der Waals surface area (Å²) in [5, 5.41) is 6.37. The fourth-order valence-corrected chi connectivity index (χ4v) is 3.51. The molecule has 0 fully saturated rings. The normalized spacial score (nSPS) is 10.5. The largest absolute Gasteiger partial charge is 0.493 e. The van der Waals surface area contributed by atoms with Crippen molar-refractivity contribution in [2.75, 3.05) is 19.5 Å². The first-order valence-electron chi connectivity index (χ1n) is 8.51. The molecule has 0 aliphatic heterocycles. The Morgan fingerprint density at radius 2 is 1.79 bits per heavy atom. The summed E-state index contributed by atoms with van der Waals surface area (Å²) in [6, 6.07) is 10.3. The van der Waals surface area contributed by atoms with Crippen molar-refractivity contribution in [2.45, 2.75) is 13.0 Å². The van der Waals surface area contributed by atoms with Crippen molar-refractivity contribution in [1.29, 1.82) is 0 Å². The van der Waals surface area contributed by atoms with Gasteiger partial charge >= 0.3 is 0 Å². The zero-order chi connectivity index (χ0) is 20.8. The summed E-state index contributed by atoms with van der Waals surface area (Å²) in [6.45, 7) is 0.315. The van der Waals surface area contributed by atoms with Crippen molar-refractivity contribution in [3.05, 3.63) is 62.5 Å². The van der Waals surface area contributed by atoms with Gasteiger partial charge in [0.05, 0.1) is 37.0 Å². The van der Waals surface area contributed by atoms with Gasteiger partial charge in [0.25, 0.3) is 0 Å². The quantitative estimate of drug-likeness (QED) is 0.506. The summed E-state index contributed by atoms with van der Waals surface area (Å²) in [7, 11) is 3.03. The van der Waals surface area contributed by atoms with Gasteiger partial charge in [-0.15, -0.1) is 11.3 Å². The van der Waals surface area contributed by atoms with Crippen LogP contribution in [0.5, 0.6) is 17.2 Å². The van der Waals surface area contributed by atoms with E-state index in [1.54, 1.807) is 36.4 Å². The van der Waals surface area contributed by atoms with Crippen LogP contribution < -0.4 is 19.5 Å². The van der Waals surface area contributed by atoms with Crippen LogP contribution in [0.3, 0.4) is 0 Å². The molecular weight excluding hydrogens is 435 g/mol. The fraction of sp³-hybridized carbons (Fsp3) is 0.200. The van der Waals surface area contributed by atoms with Crippen LogP contribution in [0.2, 0.25) is 10.0 Å². The van der Waals surface area contributed by atoms with E-state index in [1.807, 2.05) is 5.38 Å². The predicted octanol–water partition coefficient (Wildman–Crippen LogP) is 5.23. The number of thiazole rings is 1. The number of nitrogens with zero attached hydrogens (tertiary/aromatic N) is 1. The fourth-order valence-electron chi connectivity index (χ4n) is 2.48. The maximum atomic E-state index is 12.4. The average Bonchev–Trinajstić information content (AvgIpc) is 3.15. The monoisotopic (exact) mass is 452 g/mol. The van der Waals surface area contributed by atoms with Crippen molar-refractivity contribution < 1.29 is 19.0 Å². The van der Waals surface area contributed by atoms with Crippen molar-refractivity contribution in [1.82, 2.24) is 4.98 Å². The Hall–Kier alpha value is -2.48. The Kier molecular flexibility index (Phi) is 7.19. The molecular formula is C20H18Cl2N2O4S. The Bertz CT molecular complexity index is 993. The number of carbonyl (C=O) groups is 1. The number of anilines is 1. The number of hydrogen-bond donors (Lipinski definition) is 1. The number of ether oxygens (including phenoxy) is 3. The molecule has 0 aliphatic rings. The van der Waals surface area contributed by atoms with Crippen LogP contribution in [-0.2, 0) is 17.8 Å². The van der Waals surface area contributed by atoms with Crippen LogP contribution in [0.1, 0.15) is 10.7 Å². The first-order valence-corrected chi connectivity index (χ1v) is 10.1. The Morgan fingerprint density at radius 3 is 2.48 bits per heavy atom.